The molecule has 1 aliphatic rings. The van der Waals surface area contributed by atoms with Gasteiger partial charge in [-0.2, -0.15) is 10.1 Å². The highest BCUT2D eigenvalue weighted by atomic mass is 16.5. The first-order valence-corrected chi connectivity index (χ1v) is 9.25. The Morgan fingerprint density at radius 2 is 2.07 bits per heavy atom. The standard InChI is InChI=1S/C18H21N9O/c1-11-7-15-21-10-22-26(15)9-13(11)23-18-20-8-14-16(24-18)27(17(19)25(14)2)12-3-5-28-6-4-12/h7-10,12,19H,3-6H2,1-2H3,(H,20,23,24). The molecule has 144 valence electrons. The largest absolute Gasteiger partial charge is 0.381 e. The van der Waals surface area contributed by atoms with Crippen LogP contribution in [0.4, 0.5) is 11.6 Å². The van der Waals surface area contributed by atoms with Gasteiger partial charge >= 0.3 is 0 Å². The molecule has 5 rings (SSSR count). The smallest absolute Gasteiger partial charge is 0.229 e. The molecule has 0 saturated carbocycles. The summed E-state index contributed by atoms with van der Waals surface area (Å²) >= 11 is 0. The normalized spacial score (nSPS) is 15.5. The number of hydrogen-bond donors (Lipinski definition) is 2. The second-order valence-electron chi connectivity index (χ2n) is 7.06. The van der Waals surface area contributed by atoms with Crippen LogP contribution in [0.25, 0.3) is 16.8 Å². The summed E-state index contributed by atoms with van der Waals surface area (Å²) in [6, 6.07) is 2.17. The minimum atomic E-state index is 0.209. The number of imidazole rings is 1. The van der Waals surface area contributed by atoms with E-state index < -0.39 is 0 Å². The number of rotatable bonds is 3. The minimum absolute atomic E-state index is 0.209. The van der Waals surface area contributed by atoms with Crippen LogP contribution in [0.3, 0.4) is 0 Å². The summed E-state index contributed by atoms with van der Waals surface area (Å²) < 4.78 is 11.0. The van der Waals surface area contributed by atoms with Crippen LogP contribution >= 0.6 is 0 Å². The third kappa shape index (κ3) is 2.64. The lowest BCUT2D eigenvalue weighted by atomic mass is 10.1. The maximum Gasteiger partial charge on any atom is 0.229 e. The number of pyridine rings is 1. The monoisotopic (exact) mass is 379 g/mol. The Balaban J connectivity index is 1.58. The number of ether oxygens (including phenoxy) is 1. The average molecular weight is 379 g/mol. The van der Waals surface area contributed by atoms with Crippen molar-refractivity contribution in [3.8, 4) is 0 Å². The van der Waals surface area contributed by atoms with Crippen molar-refractivity contribution >= 4 is 28.4 Å². The first-order valence-electron chi connectivity index (χ1n) is 9.25. The van der Waals surface area contributed by atoms with Gasteiger partial charge in [0.25, 0.3) is 0 Å². The van der Waals surface area contributed by atoms with E-state index in [4.69, 9.17) is 15.1 Å². The highest BCUT2D eigenvalue weighted by Crippen LogP contribution is 2.25. The molecule has 0 bridgehead atoms. The van der Waals surface area contributed by atoms with Gasteiger partial charge in [-0.15, -0.1) is 0 Å². The molecular formula is C18H21N9O. The van der Waals surface area contributed by atoms with E-state index in [1.165, 1.54) is 6.33 Å². The van der Waals surface area contributed by atoms with Crippen molar-refractivity contribution in [2.75, 3.05) is 18.5 Å². The van der Waals surface area contributed by atoms with Gasteiger partial charge in [0.1, 0.15) is 11.8 Å². The van der Waals surface area contributed by atoms with Crippen molar-refractivity contribution in [2.45, 2.75) is 25.8 Å². The van der Waals surface area contributed by atoms with Crippen LogP contribution in [0, 0.1) is 12.3 Å². The molecule has 0 spiro atoms. The molecule has 4 aromatic rings. The Morgan fingerprint density at radius 1 is 1.25 bits per heavy atom. The molecule has 0 amide bonds. The number of anilines is 2. The summed E-state index contributed by atoms with van der Waals surface area (Å²) in [4.78, 5) is 13.4. The SMILES string of the molecule is Cc1cc2ncnn2cc1Nc1ncc2c(n1)n(C1CCOCC1)c(=N)n2C. The zero-order valence-electron chi connectivity index (χ0n) is 15.8. The van der Waals surface area contributed by atoms with Gasteiger partial charge in [0.05, 0.1) is 18.1 Å². The van der Waals surface area contributed by atoms with Crippen LogP contribution in [0.5, 0.6) is 0 Å². The van der Waals surface area contributed by atoms with Gasteiger partial charge in [-0.1, -0.05) is 0 Å². The van der Waals surface area contributed by atoms with E-state index in [1.807, 2.05) is 35.4 Å². The van der Waals surface area contributed by atoms with Gasteiger partial charge in [-0.3, -0.25) is 9.98 Å². The molecule has 10 nitrogen and oxygen atoms in total. The lowest BCUT2D eigenvalue weighted by Gasteiger charge is -2.23. The fraction of sp³-hybridized carbons (Fsp3) is 0.389. The van der Waals surface area contributed by atoms with Crippen LogP contribution < -0.4 is 10.9 Å². The molecule has 0 atom stereocenters. The number of fused-ring (bicyclic) bond motifs is 2. The van der Waals surface area contributed by atoms with Crippen molar-refractivity contribution in [1.82, 2.24) is 33.7 Å². The van der Waals surface area contributed by atoms with Crippen molar-refractivity contribution in [2.24, 2.45) is 7.05 Å². The zero-order valence-corrected chi connectivity index (χ0v) is 15.8. The van der Waals surface area contributed by atoms with Crippen molar-refractivity contribution in [3.05, 3.63) is 36.0 Å². The van der Waals surface area contributed by atoms with Crippen molar-refractivity contribution in [1.29, 1.82) is 5.41 Å². The van der Waals surface area contributed by atoms with Crippen LogP contribution in [0.1, 0.15) is 24.4 Å². The predicted molar refractivity (Wildman–Crippen MR) is 102 cm³/mol. The molecule has 0 unspecified atom stereocenters. The zero-order chi connectivity index (χ0) is 19.3. The molecule has 0 aromatic carbocycles. The summed E-state index contributed by atoms with van der Waals surface area (Å²) in [6.45, 7) is 3.42. The van der Waals surface area contributed by atoms with Crippen molar-refractivity contribution in [3.63, 3.8) is 0 Å². The number of nitrogens with zero attached hydrogens (tertiary/aromatic N) is 7. The molecule has 0 radical (unpaired) electrons. The summed E-state index contributed by atoms with van der Waals surface area (Å²) in [7, 11) is 1.87. The Bertz CT molecular complexity index is 1230. The highest BCUT2D eigenvalue weighted by Gasteiger charge is 2.22. The van der Waals surface area contributed by atoms with Gasteiger partial charge in [-0.05, 0) is 31.4 Å². The van der Waals surface area contributed by atoms with E-state index in [0.29, 0.717) is 24.8 Å². The summed E-state index contributed by atoms with van der Waals surface area (Å²) in [5.74, 6) is 0.487. The molecule has 2 N–H and O–H groups in total. The second-order valence-corrected chi connectivity index (χ2v) is 7.06. The Morgan fingerprint density at radius 3 is 2.89 bits per heavy atom. The molecule has 1 saturated heterocycles. The van der Waals surface area contributed by atoms with Crippen molar-refractivity contribution < 1.29 is 4.74 Å². The van der Waals surface area contributed by atoms with Crippen LogP contribution in [0.15, 0.2) is 24.8 Å². The maximum atomic E-state index is 8.54. The number of nitrogens with one attached hydrogen (secondary N) is 2. The fourth-order valence-corrected chi connectivity index (χ4v) is 3.71. The van der Waals surface area contributed by atoms with E-state index in [9.17, 15) is 0 Å². The molecular weight excluding hydrogens is 358 g/mol. The summed E-state index contributed by atoms with van der Waals surface area (Å²) in [6.07, 6.45) is 6.92. The van der Waals surface area contributed by atoms with Crippen LogP contribution in [-0.2, 0) is 11.8 Å². The van der Waals surface area contributed by atoms with Crippen LogP contribution in [-0.4, -0.2) is 46.9 Å². The second kappa shape index (κ2) is 6.41. The molecule has 28 heavy (non-hydrogen) atoms. The third-order valence-corrected chi connectivity index (χ3v) is 5.31. The molecule has 4 aromatic heterocycles. The molecule has 5 heterocycles. The average Bonchev–Trinajstić information content (AvgIpc) is 3.25. The van der Waals surface area contributed by atoms with E-state index in [0.717, 1.165) is 40.9 Å². The highest BCUT2D eigenvalue weighted by molar-refractivity contribution is 5.73. The first kappa shape index (κ1) is 16.9. The van der Waals surface area contributed by atoms with Gasteiger partial charge in [0.2, 0.25) is 11.6 Å². The number of hydrogen-bond acceptors (Lipinski definition) is 7. The number of aromatic nitrogens is 7. The topological polar surface area (TPSA) is 111 Å². The van der Waals surface area contributed by atoms with Gasteiger partial charge < -0.3 is 14.6 Å². The lowest BCUT2D eigenvalue weighted by molar-refractivity contribution is 0.0691. The Labute approximate surface area is 160 Å². The molecule has 1 aliphatic heterocycles. The fourth-order valence-electron chi connectivity index (χ4n) is 3.71. The Hall–Kier alpha value is -3.27. The molecule has 0 aliphatic carbocycles. The van der Waals surface area contributed by atoms with Gasteiger partial charge in [-0.25, -0.2) is 14.5 Å². The third-order valence-electron chi connectivity index (χ3n) is 5.31. The summed E-state index contributed by atoms with van der Waals surface area (Å²) in [5.41, 5.74) is 4.70. The maximum absolute atomic E-state index is 8.54. The predicted octanol–water partition coefficient (Wildman–Crippen LogP) is 1.70. The molecule has 10 heteroatoms. The first-order chi connectivity index (χ1) is 13.6. The molecule has 1 fully saturated rings. The Kier molecular flexibility index (Phi) is 3.86. The van der Waals surface area contributed by atoms with E-state index in [-0.39, 0.29) is 6.04 Å². The van der Waals surface area contributed by atoms with Gasteiger partial charge in [0, 0.05) is 26.3 Å². The minimum Gasteiger partial charge on any atom is -0.381 e. The van der Waals surface area contributed by atoms with Crippen LogP contribution in [0.2, 0.25) is 0 Å². The summed E-state index contributed by atoms with van der Waals surface area (Å²) in [5, 5.41) is 16.0. The van der Waals surface area contributed by atoms with Gasteiger partial charge in [0.15, 0.2) is 11.3 Å². The number of aryl methyl sites for hydroxylation is 2. The van der Waals surface area contributed by atoms with E-state index in [1.54, 1.807) is 10.7 Å². The quantitative estimate of drug-likeness (QED) is 0.560. The van der Waals surface area contributed by atoms with E-state index >= 15 is 0 Å². The van der Waals surface area contributed by atoms with E-state index in [2.05, 4.69) is 20.4 Å². The lowest BCUT2D eigenvalue weighted by Crippen LogP contribution is -2.30.